The zero-order chi connectivity index (χ0) is 16.1. The molecule has 1 atom stereocenters. The van der Waals surface area contributed by atoms with Crippen LogP contribution in [0, 0.1) is 6.92 Å². The van der Waals surface area contributed by atoms with Gasteiger partial charge in [0.2, 0.25) is 5.91 Å². The number of rotatable bonds is 5. The Morgan fingerprint density at radius 1 is 1.45 bits per heavy atom. The molecule has 116 valence electrons. The molecule has 0 saturated heterocycles. The van der Waals surface area contributed by atoms with E-state index in [9.17, 15) is 9.59 Å². The summed E-state index contributed by atoms with van der Waals surface area (Å²) in [6, 6.07) is 9.02. The molecule has 0 fully saturated rings. The van der Waals surface area contributed by atoms with Crippen LogP contribution in [0.15, 0.2) is 40.3 Å². The third-order valence-electron chi connectivity index (χ3n) is 3.11. The third-order valence-corrected chi connectivity index (χ3v) is 3.99. The molecular formula is C15H18N4O2S. The maximum absolute atomic E-state index is 12.0. The summed E-state index contributed by atoms with van der Waals surface area (Å²) in [5.74, 6) is 0.161. The molecule has 4 N–H and O–H groups in total. The molecule has 22 heavy (non-hydrogen) atoms. The average molecular weight is 318 g/mol. The van der Waals surface area contributed by atoms with Crippen molar-refractivity contribution in [1.29, 1.82) is 0 Å². The Morgan fingerprint density at radius 3 is 2.86 bits per heavy atom. The van der Waals surface area contributed by atoms with Gasteiger partial charge in [0.25, 0.3) is 5.56 Å². The number of nitrogens with two attached hydrogens (primary N) is 1. The number of nitrogens with one attached hydrogen (secondary N) is 2. The first kappa shape index (κ1) is 16.1. The molecule has 0 bridgehead atoms. The second-order valence-corrected chi connectivity index (χ2v) is 5.87. The van der Waals surface area contributed by atoms with Gasteiger partial charge >= 0.3 is 0 Å². The first-order valence-electron chi connectivity index (χ1n) is 6.80. The van der Waals surface area contributed by atoms with Crippen molar-refractivity contribution in [3.05, 3.63) is 51.8 Å². The lowest BCUT2D eigenvalue weighted by molar-refractivity contribution is -0.119. The van der Waals surface area contributed by atoms with E-state index >= 15 is 0 Å². The van der Waals surface area contributed by atoms with Crippen LogP contribution in [0.2, 0.25) is 0 Å². The monoisotopic (exact) mass is 318 g/mol. The normalized spacial score (nSPS) is 11.9. The zero-order valence-electron chi connectivity index (χ0n) is 12.4. The number of thioether (sulfide) groups is 1. The van der Waals surface area contributed by atoms with Gasteiger partial charge in [-0.25, -0.2) is 4.98 Å². The number of carbonyl (C=O) groups excluding carboxylic acids is 1. The van der Waals surface area contributed by atoms with Crippen molar-refractivity contribution < 1.29 is 4.79 Å². The number of nitrogen functional groups attached to an aromatic ring is 1. The van der Waals surface area contributed by atoms with E-state index in [2.05, 4.69) is 15.3 Å². The Labute approximate surface area is 132 Å². The van der Waals surface area contributed by atoms with Crippen molar-refractivity contribution in [3.63, 3.8) is 0 Å². The van der Waals surface area contributed by atoms with Gasteiger partial charge in [0.05, 0.1) is 11.8 Å². The van der Waals surface area contributed by atoms with Crippen molar-refractivity contribution in [2.45, 2.75) is 25.0 Å². The summed E-state index contributed by atoms with van der Waals surface area (Å²) in [6.45, 7) is 3.94. The number of H-pyrrole nitrogens is 1. The number of hydrogen-bond donors (Lipinski definition) is 3. The molecule has 6 nitrogen and oxygen atoms in total. The molecule has 1 aromatic heterocycles. The standard InChI is InChI=1S/C15H18N4O2S/c1-9-5-3-4-6-11(9)10(2)17-14(21)8-22-15-18-12(16)7-13(20)19-15/h3-7,10H,8H2,1-2H3,(H,17,21)(H3,16,18,19,20)/t10-/m1/s1. The molecular weight excluding hydrogens is 300 g/mol. The molecule has 1 amide bonds. The van der Waals surface area contributed by atoms with E-state index in [-0.39, 0.29) is 29.1 Å². The molecule has 1 heterocycles. The molecule has 7 heteroatoms. The van der Waals surface area contributed by atoms with Gasteiger partial charge in [0.15, 0.2) is 5.16 Å². The number of anilines is 1. The smallest absolute Gasteiger partial charge is 0.253 e. The molecule has 0 saturated carbocycles. The molecule has 2 rings (SSSR count). The van der Waals surface area contributed by atoms with Crippen LogP contribution in [-0.4, -0.2) is 21.6 Å². The molecule has 0 unspecified atom stereocenters. The topological polar surface area (TPSA) is 101 Å². The summed E-state index contributed by atoms with van der Waals surface area (Å²) in [5.41, 5.74) is 7.37. The Bertz CT molecular complexity index is 729. The number of aromatic amines is 1. The maximum atomic E-state index is 12.0. The van der Waals surface area contributed by atoms with E-state index in [1.54, 1.807) is 0 Å². The summed E-state index contributed by atoms with van der Waals surface area (Å²) in [6.07, 6.45) is 0. The van der Waals surface area contributed by atoms with E-state index in [1.165, 1.54) is 6.07 Å². The fourth-order valence-electron chi connectivity index (χ4n) is 2.09. The van der Waals surface area contributed by atoms with E-state index in [4.69, 9.17) is 5.73 Å². The Kier molecular flexibility index (Phi) is 5.21. The lowest BCUT2D eigenvalue weighted by Crippen LogP contribution is -2.28. The van der Waals surface area contributed by atoms with Crippen molar-refractivity contribution in [2.24, 2.45) is 0 Å². The first-order valence-corrected chi connectivity index (χ1v) is 7.79. The number of benzene rings is 1. The van der Waals surface area contributed by atoms with Crippen molar-refractivity contribution >= 4 is 23.5 Å². The van der Waals surface area contributed by atoms with Crippen molar-refractivity contribution in [1.82, 2.24) is 15.3 Å². The van der Waals surface area contributed by atoms with Crippen LogP contribution in [0.3, 0.4) is 0 Å². The molecule has 2 aromatic rings. The number of nitrogens with zero attached hydrogens (tertiary/aromatic N) is 1. The summed E-state index contributed by atoms with van der Waals surface area (Å²) in [5, 5.41) is 3.26. The van der Waals surface area contributed by atoms with Crippen molar-refractivity contribution in [2.75, 3.05) is 11.5 Å². The van der Waals surface area contributed by atoms with Crippen molar-refractivity contribution in [3.8, 4) is 0 Å². The molecule has 0 spiro atoms. The van der Waals surface area contributed by atoms with Crippen LogP contribution in [0.1, 0.15) is 24.1 Å². The fourth-order valence-corrected chi connectivity index (χ4v) is 2.78. The van der Waals surface area contributed by atoms with E-state index in [1.807, 2.05) is 38.1 Å². The van der Waals surface area contributed by atoms with Gasteiger partial charge in [0.1, 0.15) is 5.82 Å². The van der Waals surface area contributed by atoms with Crippen LogP contribution in [-0.2, 0) is 4.79 Å². The highest BCUT2D eigenvalue weighted by Gasteiger charge is 2.12. The van der Waals surface area contributed by atoms with E-state index in [0.29, 0.717) is 5.16 Å². The lowest BCUT2D eigenvalue weighted by Gasteiger charge is -2.16. The SMILES string of the molecule is Cc1ccccc1[C@@H](C)NC(=O)CSc1nc(N)cc(=O)[nH]1. The minimum atomic E-state index is -0.330. The minimum Gasteiger partial charge on any atom is -0.383 e. The van der Waals surface area contributed by atoms with Gasteiger partial charge < -0.3 is 16.0 Å². The largest absolute Gasteiger partial charge is 0.383 e. The third kappa shape index (κ3) is 4.36. The molecule has 0 aliphatic rings. The second-order valence-electron chi connectivity index (χ2n) is 4.91. The summed E-state index contributed by atoms with van der Waals surface area (Å²) < 4.78 is 0. The number of aromatic nitrogens is 2. The molecule has 1 aromatic carbocycles. The summed E-state index contributed by atoms with van der Waals surface area (Å²) in [4.78, 5) is 29.8. The van der Waals surface area contributed by atoms with Crippen LogP contribution >= 0.6 is 11.8 Å². The fraction of sp³-hybridized carbons (Fsp3) is 0.267. The Balaban J connectivity index is 1.93. The van der Waals surface area contributed by atoms with Gasteiger partial charge in [-0.2, -0.15) is 0 Å². The number of aryl methyl sites for hydroxylation is 1. The highest BCUT2D eigenvalue weighted by Crippen LogP contribution is 2.17. The highest BCUT2D eigenvalue weighted by molar-refractivity contribution is 7.99. The van der Waals surface area contributed by atoms with Gasteiger partial charge in [-0.15, -0.1) is 0 Å². The first-order chi connectivity index (χ1) is 10.5. The Hall–Kier alpha value is -2.28. The number of hydrogen-bond acceptors (Lipinski definition) is 5. The summed E-state index contributed by atoms with van der Waals surface area (Å²) in [7, 11) is 0. The van der Waals surface area contributed by atoms with Crippen LogP contribution in [0.4, 0.5) is 5.82 Å². The molecule has 0 aliphatic carbocycles. The van der Waals surface area contributed by atoms with Crippen LogP contribution in [0.25, 0.3) is 0 Å². The number of carbonyl (C=O) groups is 1. The van der Waals surface area contributed by atoms with Gasteiger partial charge in [-0.05, 0) is 25.0 Å². The van der Waals surface area contributed by atoms with Crippen LogP contribution in [0.5, 0.6) is 0 Å². The van der Waals surface area contributed by atoms with Gasteiger partial charge in [-0.3, -0.25) is 9.59 Å². The van der Waals surface area contributed by atoms with Crippen LogP contribution < -0.4 is 16.6 Å². The predicted molar refractivity (Wildman–Crippen MR) is 87.7 cm³/mol. The molecule has 0 aliphatic heterocycles. The van der Waals surface area contributed by atoms with E-state index in [0.717, 1.165) is 22.9 Å². The quantitative estimate of drug-likeness (QED) is 0.574. The second kappa shape index (κ2) is 7.13. The lowest BCUT2D eigenvalue weighted by atomic mass is 10.0. The summed E-state index contributed by atoms with van der Waals surface area (Å²) >= 11 is 1.14. The van der Waals surface area contributed by atoms with E-state index < -0.39 is 0 Å². The highest BCUT2D eigenvalue weighted by atomic mass is 32.2. The Morgan fingerprint density at radius 2 is 2.18 bits per heavy atom. The minimum absolute atomic E-state index is 0.0813. The molecule has 0 radical (unpaired) electrons. The average Bonchev–Trinajstić information content (AvgIpc) is 2.44. The number of amides is 1. The van der Waals surface area contributed by atoms with Gasteiger partial charge in [-0.1, -0.05) is 36.0 Å². The zero-order valence-corrected chi connectivity index (χ0v) is 13.2. The predicted octanol–water partition coefficient (Wildman–Crippen LogP) is 1.63. The maximum Gasteiger partial charge on any atom is 0.253 e. The van der Waals surface area contributed by atoms with Gasteiger partial charge in [0, 0.05) is 6.07 Å².